The molecule has 4 nitrogen and oxygen atoms in total. The van der Waals surface area contributed by atoms with E-state index in [4.69, 9.17) is 8.64 Å². The molecule has 0 aliphatic carbocycles. The zero-order chi connectivity index (χ0) is 10.2. The van der Waals surface area contributed by atoms with Crippen LogP contribution in [0.1, 0.15) is 28.2 Å². The van der Waals surface area contributed by atoms with Crippen molar-refractivity contribution in [3.8, 4) is 0 Å². The predicted octanol–water partition coefficient (Wildman–Crippen LogP) is 0.455. The van der Waals surface area contributed by atoms with Gasteiger partial charge in [-0.25, -0.2) is 0 Å². The molecule has 1 N–H and O–H groups in total. The summed E-state index contributed by atoms with van der Waals surface area (Å²) in [5, 5.41) is 6.61. The largest absolute Gasteiger partial charge is 0.339 e. The zero-order valence-electron chi connectivity index (χ0n) is 9.00. The van der Waals surface area contributed by atoms with Crippen LogP contribution in [-0.2, 0) is 0 Å². The molecule has 1 saturated heterocycles. The van der Waals surface area contributed by atoms with Crippen LogP contribution in [0, 0.1) is 6.85 Å². The number of aromatic nitrogens is 2. The average molecular weight is 156 g/mol. The Bertz CT molecular complexity index is 316. The lowest BCUT2D eigenvalue weighted by Gasteiger charge is -1.97. The van der Waals surface area contributed by atoms with Crippen LogP contribution < -0.4 is 5.32 Å². The summed E-state index contributed by atoms with van der Waals surface area (Å²) in [6, 6.07) is 0. The van der Waals surface area contributed by atoms with Gasteiger partial charge in [0.15, 0.2) is 5.82 Å². The van der Waals surface area contributed by atoms with E-state index in [-0.39, 0.29) is 11.7 Å². The molecule has 0 spiro atoms. The second-order valence-electron chi connectivity index (χ2n) is 2.65. The molecule has 0 radical (unpaired) electrons. The van der Waals surface area contributed by atoms with Gasteiger partial charge in [0.2, 0.25) is 5.89 Å². The molecule has 0 aromatic carbocycles. The molecule has 2 rings (SSSR count). The lowest BCUT2D eigenvalue weighted by atomic mass is 10.1. The SMILES string of the molecule is [2H]C([2H])([2H])c1noc([C@H]2CCNC2)n1. The van der Waals surface area contributed by atoms with Crippen LogP contribution in [-0.4, -0.2) is 23.2 Å². The van der Waals surface area contributed by atoms with Crippen molar-refractivity contribution in [1.29, 1.82) is 0 Å². The molecule has 0 saturated carbocycles. The van der Waals surface area contributed by atoms with Crippen LogP contribution in [0.3, 0.4) is 0 Å². The Hall–Kier alpha value is -0.900. The highest BCUT2D eigenvalue weighted by atomic mass is 16.5. The first kappa shape index (κ1) is 4.21. The van der Waals surface area contributed by atoms with Crippen molar-refractivity contribution in [3.63, 3.8) is 0 Å². The number of hydrogen-bond donors (Lipinski definition) is 1. The van der Waals surface area contributed by atoms with Gasteiger partial charge in [0.05, 0.1) is 5.92 Å². The van der Waals surface area contributed by atoms with Crippen LogP contribution in [0.25, 0.3) is 0 Å². The Labute approximate surface area is 69.2 Å². The average Bonchev–Trinajstić information content (AvgIpc) is 2.73. The molecule has 1 aromatic heterocycles. The van der Waals surface area contributed by atoms with Gasteiger partial charge in [-0.2, -0.15) is 4.98 Å². The zero-order valence-corrected chi connectivity index (χ0v) is 6.00. The highest BCUT2D eigenvalue weighted by Crippen LogP contribution is 2.19. The van der Waals surface area contributed by atoms with Crippen LogP contribution in [0.4, 0.5) is 0 Å². The van der Waals surface area contributed by atoms with Gasteiger partial charge < -0.3 is 9.84 Å². The smallest absolute Gasteiger partial charge is 0.231 e. The maximum absolute atomic E-state index is 7.09. The van der Waals surface area contributed by atoms with E-state index in [0.717, 1.165) is 19.5 Å². The second kappa shape index (κ2) is 2.62. The van der Waals surface area contributed by atoms with Gasteiger partial charge in [-0.05, 0) is 19.8 Å². The Morgan fingerprint density at radius 1 is 1.82 bits per heavy atom. The Kier molecular flexibility index (Phi) is 1.00. The van der Waals surface area contributed by atoms with Gasteiger partial charge in [-0.1, -0.05) is 5.16 Å². The maximum atomic E-state index is 7.09. The van der Waals surface area contributed by atoms with Crippen LogP contribution >= 0.6 is 0 Å². The molecule has 0 bridgehead atoms. The summed E-state index contributed by atoms with van der Waals surface area (Å²) in [7, 11) is 0. The topological polar surface area (TPSA) is 51.0 Å². The molecule has 1 aliphatic rings. The molecule has 0 amide bonds. The minimum atomic E-state index is -2.27. The molecule has 1 fully saturated rings. The standard InChI is InChI=1S/C7H11N3O/c1-5-9-7(11-10-5)6-2-3-8-4-6/h6,8H,2-4H2,1H3/t6-/m0/s1/i1D3. The van der Waals surface area contributed by atoms with Gasteiger partial charge in [-0.3, -0.25) is 0 Å². The highest BCUT2D eigenvalue weighted by Gasteiger charge is 2.21. The monoisotopic (exact) mass is 156 g/mol. The number of nitrogens with one attached hydrogen (secondary N) is 1. The van der Waals surface area contributed by atoms with E-state index in [9.17, 15) is 0 Å². The van der Waals surface area contributed by atoms with Crippen molar-refractivity contribution in [1.82, 2.24) is 15.5 Å². The summed E-state index contributed by atoms with van der Waals surface area (Å²) in [6.07, 6.45) is 0.919. The van der Waals surface area contributed by atoms with Crippen LogP contribution in [0.2, 0.25) is 0 Å². The lowest BCUT2D eigenvalue weighted by molar-refractivity contribution is 0.356. The Balaban J connectivity index is 2.17. The third-order valence-electron chi connectivity index (χ3n) is 1.85. The van der Waals surface area contributed by atoms with Crippen LogP contribution in [0.15, 0.2) is 4.52 Å². The molecule has 1 aliphatic heterocycles. The van der Waals surface area contributed by atoms with Crippen molar-refractivity contribution in [3.05, 3.63) is 11.7 Å². The van der Waals surface area contributed by atoms with Gasteiger partial charge >= 0.3 is 0 Å². The summed E-state index contributed by atoms with van der Waals surface area (Å²) in [4.78, 5) is 3.88. The van der Waals surface area contributed by atoms with E-state index in [2.05, 4.69) is 15.5 Å². The van der Waals surface area contributed by atoms with Gasteiger partial charge in [0.25, 0.3) is 0 Å². The first-order chi connectivity index (χ1) is 6.57. The van der Waals surface area contributed by atoms with E-state index in [0.29, 0.717) is 5.89 Å². The van der Waals surface area contributed by atoms with Crippen molar-refractivity contribution >= 4 is 0 Å². The number of nitrogens with zero attached hydrogens (tertiary/aromatic N) is 2. The third-order valence-corrected chi connectivity index (χ3v) is 1.85. The molecular formula is C7H11N3O. The van der Waals surface area contributed by atoms with Gasteiger partial charge in [-0.15, -0.1) is 0 Å². The van der Waals surface area contributed by atoms with E-state index in [1.54, 1.807) is 0 Å². The molecule has 1 aromatic rings. The lowest BCUT2D eigenvalue weighted by Crippen LogP contribution is -2.08. The summed E-state index contributed by atoms with van der Waals surface area (Å²) in [5.74, 6) is 0.402. The first-order valence-electron chi connectivity index (χ1n) is 5.12. The molecule has 2 heterocycles. The highest BCUT2D eigenvalue weighted by molar-refractivity contribution is 4.96. The fraction of sp³-hybridized carbons (Fsp3) is 0.714. The quantitative estimate of drug-likeness (QED) is 0.641. The maximum Gasteiger partial charge on any atom is 0.231 e. The van der Waals surface area contributed by atoms with Crippen molar-refractivity contribution in [2.75, 3.05) is 13.1 Å². The Morgan fingerprint density at radius 2 is 2.82 bits per heavy atom. The van der Waals surface area contributed by atoms with Gasteiger partial charge in [0.1, 0.15) is 0 Å². The summed E-state index contributed by atoms with van der Waals surface area (Å²) >= 11 is 0. The molecular weight excluding hydrogens is 142 g/mol. The Morgan fingerprint density at radius 3 is 3.45 bits per heavy atom. The summed E-state index contributed by atoms with van der Waals surface area (Å²) in [5.41, 5.74) is 0. The first-order valence-corrected chi connectivity index (χ1v) is 3.62. The van der Waals surface area contributed by atoms with E-state index >= 15 is 0 Å². The molecule has 60 valence electrons. The number of aryl methyl sites for hydroxylation is 1. The normalized spacial score (nSPS) is 29.5. The molecule has 4 heteroatoms. The van der Waals surface area contributed by atoms with Crippen molar-refractivity contribution in [2.45, 2.75) is 19.2 Å². The summed E-state index contributed by atoms with van der Waals surface area (Å²) < 4.78 is 26.2. The fourth-order valence-electron chi connectivity index (χ4n) is 1.27. The van der Waals surface area contributed by atoms with Crippen LogP contribution in [0.5, 0.6) is 0 Å². The number of rotatable bonds is 1. The fourth-order valence-corrected chi connectivity index (χ4v) is 1.27. The van der Waals surface area contributed by atoms with E-state index in [1.165, 1.54) is 0 Å². The molecule has 11 heavy (non-hydrogen) atoms. The minimum absolute atomic E-state index is 0.165. The van der Waals surface area contributed by atoms with E-state index < -0.39 is 6.85 Å². The number of hydrogen-bond acceptors (Lipinski definition) is 4. The van der Waals surface area contributed by atoms with Gasteiger partial charge in [0, 0.05) is 10.7 Å². The molecule has 1 atom stereocenters. The van der Waals surface area contributed by atoms with E-state index in [1.807, 2.05) is 0 Å². The molecule has 0 unspecified atom stereocenters. The third kappa shape index (κ3) is 1.26. The van der Waals surface area contributed by atoms with Crippen molar-refractivity contribution in [2.24, 2.45) is 0 Å². The second-order valence-corrected chi connectivity index (χ2v) is 2.65. The van der Waals surface area contributed by atoms with Crippen molar-refractivity contribution < 1.29 is 8.64 Å². The summed E-state index contributed by atoms with van der Waals surface area (Å²) in [6.45, 7) is -0.577. The predicted molar refractivity (Wildman–Crippen MR) is 39.3 cm³/mol. The minimum Gasteiger partial charge on any atom is -0.339 e.